The molecule has 1 unspecified atom stereocenters. The lowest BCUT2D eigenvalue weighted by Gasteiger charge is -2.22. The Morgan fingerprint density at radius 1 is 1.39 bits per heavy atom. The molecular weight excluding hydrogens is 228 g/mol. The summed E-state index contributed by atoms with van der Waals surface area (Å²) in [7, 11) is 1.59. The van der Waals surface area contributed by atoms with E-state index in [1.807, 2.05) is 18.2 Å². The maximum absolute atomic E-state index is 11.0. The molecule has 0 bridgehead atoms. The molecule has 4 N–H and O–H groups in total. The zero-order chi connectivity index (χ0) is 13.9. The van der Waals surface area contributed by atoms with Gasteiger partial charge in [-0.3, -0.25) is 4.79 Å². The molecule has 1 rings (SSSR count). The smallest absolute Gasteiger partial charge is 0.219 e. The highest BCUT2D eigenvalue weighted by atomic mass is 16.5. The Hall–Kier alpha value is -1.55. The number of primary amides is 1. The molecule has 0 radical (unpaired) electrons. The largest absolute Gasteiger partial charge is 0.496 e. The molecule has 0 saturated carbocycles. The summed E-state index contributed by atoms with van der Waals surface area (Å²) in [6, 6.07) is 5.46. The molecule has 100 valence electrons. The van der Waals surface area contributed by atoms with Gasteiger partial charge >= 0.3 is 0 Å². The average Bonchev–Trinajstić information content (AvgIpc) is 2.26. The van der Waals surface area contributed by atoms with E-state index in [1.165, 1.54) is 0 Å². The molecule has 0 fully saturated rings. The van der Waals surface area contributed by atoms with Crippen LogP contribution in [-0.4, -0.2) is 13.0 Å². The highest BCUT2D eigenvalue weighted by molar-refractivity contribution is 5.74. The van der Waals surface area contributed by atoms with E-state index in [0.717, 1.165) is 11.1 Å². The fraction of sp³-hybridized carbons (Fsp3) is 0.500. The minimum absolute atomic E-state index is 0.0213. The molecule has 4 nitrogen and oxygen atoms in total. The lowest BCUT2D eigenvalue weighted by molar-refractivity contribution is -0.118. The van der Waals surface area contributed by atoms with Crippen molar-refractivity contribution in [2.24, 2.45) is 11.5 Å². The van der Waals surface area contributed by atoms with Gasteiger partial charge in [0.15, 0.2) is 0 Å². The highest BCUT2D eigenvalue weighted by Gasteiger charge is 2.19. The second-order valence-corrected chi connectivity index (χ2v) is 5.48. The van der Waals surface area contributed by atoms with Gasteiger partial charge < -0.3 is 16.2 Å². The maximum atomic E-state index is 11.0. The first-order valence-corrected chi connectivity index (χ1v) is 5.98. The molecule has 1 aromatic carbocycles. The van der Waals surface area contributed by atoms with Crippen LogP contribution >= 0.6 is 0 Å². The summed E-state index contributed by atoms with van der Waals surface area (Å²) < 4.78 is 5.28. The van der Waals surface area contributed by atoms with Crippen LogP contribution in [0.2, 0.25) is 0 Å². The molecule has 0 aromatic heterocycles. The molecule has 4 heteroatoms. The number of rotatable bonds is 4. The van der Waals surface area contributed by atoms with Gasteiger partial charge in [-0.25, -0.2) is 0 Å². The van der Waals surface area contributed by atoms with Crippen LogP contribution in [0.1, 0.15) is 44.4 Å². The minimum atomic E-state index is -0.431. The van der Waals surface area contributed by atoms with E-state index in [9.17, 15) is 4.79 Å². The fourth-order valence-electron chi connectivity index (χ4n) is 1.82. The third kappa shape index (κ3) is 3.47. The van der Waals surface area contributed by atoms with Crippen molar-refractivity contribution in [2.45, 2.75) is 38.6 Å². The zero-order valence-electron chi connectivity index (χ0n) is 11.5. The SMILES string of the molecule is COc1ccc(C(C)(C)C)cc1C(N)CC(N)=O. The van der Waals surface area contributed by atoms with Gasteiger partial charge in [-0.15, -0.1) is 0 Å². The molecule has 0 heterocycles. The van der Waals surface area contributed by atoms with E-state index >= 15 is 0 Å². The van der Waals surface area contributed by atoms with E-state index in [1.54, 1.807) is 7.11 Å². The zero-order valence-corrected chi connectivity index (χ0v) is 11.5. The molecule has 1 atom stereocenters. The van der Waals surface area contributed by atoms with Crippen molar-refractivity contribution in [2.75, 3.05) is 7.11 Å². The number of methoxy groups -OCH3 is 1. The van der Waals surface area contributed by atoms with Crippen molar-refractivity contribution >= 4 is 5.91 Å². The molecule has 0 saturated heterocycles. The maximum Gasteiger partial charge on any atom is 0.219 e. The van der Waals surface area contributed by atoms with Crippen molar-refractivity contribution in [3.05, 3.63) is 29.3 Å². The summed E-state index contributed by atoms with van der Waals surface area (Å²) in [6.45, 7) is 6.37. The standard InChI is InChI=1S/C14H22N2O2/c1-14(2,3)9-5-6-12(18-4)10(7-9)11(15)8-13(16)17/h5-7,11H,8,15H2,1-4H3,(H2,16,17). The topological polar surface area (TPSA) is 78.3 Å². The van der Waals surface area contributed by atoms with Gasteiger partial charge in [0.25, 0.3) is 0 Å². The summed E-state index contributed by atoms with van der Waals surface area (Å²) in [6.07, 6.45) is 0.115. The normalized spacial score (nSPS) is 13.2. The average molecular weight is 250 g/mol. The Kier molecular flexibility index (Phi) is 4.35. The molecule has 0 aliphatic heterocycles. The number of ether oxygens (including phenoxy) is 1. The number of nitrogens with two attached hydrogens (primary N) is 2. The summed E-state index contributed by atoms with van der Waals surface area (Å²) in [5.41, 5.74) is 13.2. The lowest BCUT2D eigenvalue weighted by atomic mass is 9.85. The van der Waals surface area contributed by atoms with E-state index < -0.39 is 11.9 Å². The first kappa shape index (κ1) is 14.5. The molecule has 1 aromatic rings. The Morgan fingerprint density at radius 2 is 2.00 bits per heavy atom. The molecular formula is C14H22N2O2. The predicted octanol–water partition coefficient (Wildman–Crippen LogP) is 1.87. The van der Waals surface area contributed by atoms with Gasteiger partial charge in [-0.1, -0.05) is 26.8 Å². The van der Waals surface area contributed by atoms with Crippen molar-refractivity contribution in [3.8, 4) is 5.75 Å². The fourth-order valence-corrected chi connectivity index (χ4v) is 1.82. The number of carbonyl (C=O) groups excluding carboxylic acids is 1. The van der Waals surface area contributed by atoms with Crippen LogP contribution in [0, 0.1) is 0 Å². The quantitative estimate of drug-likeness (QED) is 0.856. The number of carbonyl (C=O) groups is 1. The number of amides is 1. The van der Waals surface area contributed by atoms with E-state index in [4.69, 9.17) is 16.2 Å². The van der Waals surface area contributed by atoms with Crippen LogP contribution in [0.5, 0.6) is 5.75 Å². The molecule has 1 amide bonds. The Bertz CT molecular complexity index is 436. The van der Waals surface area contributed by atoms with Crippen LogP contribution in [0.15, 0.2) is 18.2 Å². The number of hydrogen-bond donors (Lipinski definition) is 2. The third-order valence-corrected chi connectivity index (χ3v) is 2.92. The summed E-state index contributed by atoms with van der Waals surface area (Å²) in [4.78, 5) is 11.0. The second-order valence-electron chi connectivity index (χ2n) is 5.48. The molecule has 18 heavy (non-hydrogen) atoms. The van der Waals surface area contributed by atoms with Crippen LogP contribution < -0.4 is 16.2 Å². The molecule has 0 aliphatic carbocycles. The lowest BCUT2D eigenvalue weighted by Crippen LogP contribution is -2.22. The van der Waals surface area contributed by atoms with Crippen LogP contribution in [0.25, 0.3) is 0 Å². The van der Waals surface area contributed by atoms with Crippen LogP contribution in [0.4, 0.5) is 0 Å². The van der Waals surface area contributed by atoms with Gasteiger partial charge in [0, 0.05) is 18.0 Å². The van der Waals surface area contributed by atoms with Crippen molar-refractivity contribution in [1.29, 1.82) is 0 Å². The van der Waals surface area contributed by atoms with Crippen molar-refractivity contribution in [3.63, 3.8) is 0 Å². The van der Waals surface area contributed by atoms with Crippen LogP contribution in [-0.2, 0) is 10.2 Å². The van der Waals surface area contributed by atoms with Crippen molar-refractivity contribution < 1.29 is 9.53 Å². The second kappa shape index (κ2) is 5.40. The van der Waals surface area contributed by atoms with E-state index in [2.05, 4.69) is 20.8 Å². The van der Waals surface area contributed by atoms with Gasteiger partial charge in [-0.2, -0.15) is 0 Å². The first-order valence-electron chi connectivity index (χ1n) is 5.98. The molecule has 0 aliphatic rings. The summed E-state index contributed by atoms with van der Waals surface area (Å²) >= 11 is 0. The van der Waals surface area contributed by atoms with Gasteiger partial charge in [-0.05, 0) is 23.1 Å². The molecule has 0 spiro atoms. The Balaban J connectivity index is 3.17. The minimum Gasteiger partial charge on any atom is -0.496 e. The van der Waals surface area contributed by atoms with E-state index in [-0.39, 0.29) is 11.8 Å². The summed E-state index contributed by atoms with van der Waals surface area (Å²) in [5.74, 6) is 0.280. The Morgan fingerprint density at radius 3 is 2.44 bits per heavy atom. The predicted molar refractivity (Wildman–Crippen MR) is 72.4 cm³/mol. The van der Waals surface area contributed by atoms with Gasteiger partial charge in [0.1, 0.15) is 5.75 Å². The highest BCUT2D eigenvalue weighted by Crippen LogP contribution is 2.31. The third-order valence-electron chi connectivity index (χ3n) is 2.92. The Labute approximate surface area is 108 Å². The first-order chi connectivity index (χ1) is 8.25. The summed E-state index contributed by atoms with van der Waals surface area (Å²) in [5, 5.41) is 0. The monoisotopic (exact) mass is 250 g/mol. The van der Waals surface area contributed by atoms with E-state index in [0.29, 0.717) is 5.75 Å². The van der Waals surface area contributed by atoms with Gasteiger partial charge in [0.2, 0.25) is 5.91 Å². The van der Waals surface area contributed by atoms with Crippen molar-refractivity contribution in [1.82, 2.24) is 0 Å². The van der Waals surface area contributed by atoms with Gasteiger partial charge in [0.05, 0.1) is 7.11 Å². The number of benzene rings is 1. The number of hydrogen-bond acceptors (Lipinski definition) is 3. The van der Waals surface area contributed by atoms with Crippen LogP contribution in [0.3, 0.4) is 0 Å².